The summed E-state index contributed by atoms with van der Waals surface area (Å²) in [5, 5.41) is 0. The number of carbonyl (C=O) groups excluding carboxylic acids is 3. The van der Waals surface area contributed by atoms with E-state index in [1.165, 1.54) is 276 Å². The van der Waals surface area contributed by atoms with Gasteiger partial charge in [0, 0.05) is 19.3 Å². The number of unbranched alkanes of at least 4 members (excludes halogenated alkanes) is 47. The third kappa shape index (κ3) is 64.3. The molecule has 0 saturated heterocycles. The van der Waals surface area contributed by atoms with Crippen molar-refractivity contribution in [1.29, 1.82) is 0 Å². The second kappa shape index (κ2) is 66.1. The fourth-order valence-electron chi connectivity index (χ4n) is 10.4. The minimum absolute atomic E-state index is 0.0715. The SMILES string of the molecule is CCCC/C=C\CCCCCCCC(=O)OCC(COC(=O)CCCCCCCCCCCCCCCCCCC/C=C\CCCCCCCCCC)OC(=O)CCCCCCCCCCC/C=C\CCCCCCCC. The molecule has 0 N–H and O–H groups in total. The highest BCUT2D eigenvalue weighted by atomic mass is 16.6. The van der Waals surface area contributed by atoms with Crippen LogP contribution in [0.3, 0.4) is 0 Å². The molecule has 0 fully saturated rings. The zero-order chi connectivity index (χ0) is 55.7. The second-order valence-electron chi connectivity index (χ2n) is 23.4. The van der Waals surface area contributed by atoms with Crippen LogP contribution in [0.25, 0.3) is 0 Å². The Balaban J connectivity index is 4.14. The summed E-state index contributed by atoms with van der Waals surface area (Å²) in [5.74, 6) is -0.860. The van der Waals surface area contributed by atoms with Crippen LogP contribution in [0.1, 0.15) is 380 Å². The van der Waals surface area contributed by atoms with Crippen LogP contribution in [-0.4, -0.2) is 37.2 Å². The molecule has 1 unspecified atom stereocenters. The molecular formula is C71H132O6. The van der Waals surface area contributed by atoms with Gasteiger partial charge in [0.15, 0.2) is 6.10 Å². The maximum Gasteiger partial charge on any atom is 0.306 e. The lowest BCUT2D eigenvalue weighted by molar-refractivity contribution is -0.167. The first-order valence-electron chi connectivity index (χ1n) is 34.5. The summed E-state index contributed by atoms with van der Waals surface area (Å²) < 4.78 is 16.9. The van der Waals surface area contributed by atoms with Crippen molar-refractivity contribution in [2.75, 3.05) is 13.2 Å². The standard InChI is InChI=1S/C71H132O6/c1-4-7-10-13-16-19-22-24-26-28-30-31-32-33-34-35-36-37-38-39-41-42-44-46-49-52-55-58-61-64-70(73)76-67-68(66-75-69(72)63-60-57-54-51-48-21-18-15-12-9-6-3)77-71(74)65-62-59-56-53-50-47-45-43-40-29-27-25-23-20-17-14-11-8-5-2/h15,18,25,27-28,30,68H,4-14,16-17,19-24,26,29,31-67H2,1-3H3/b18-15-,27-25-,30-28-. The predicted octanol–water partition coefficient (Wildman–Crippen LogP) is 23.6. The van der Waals surface area contributed by atoms with Gasteiger partial charge in [-0.1, -0.05) is 308 Å². The fourth-order valence-corrected chi connectivity index (χ4v) is 10.4. The molecule has 0 radical (unpaired) electrons. The molecule has 0 bridgehead atoms. The summed E-state index contributed by atoms with van der Waals surface area (Å²) in [4.78, 5) is 38.3. The molecule has 0 spiro atoms. The first kappa shape index (κ1) is 74.6. The van der Waals surface area contributed by atoms with E-state index < -0.39 is 6.10 Å². The lowest BCUT2D eigenvalue weighted by Crippen LogP contribution is -2.30. The molecule has 0 aromatic rings. The number of hydrogen-bond acceptors (Lipinski definition) is 6. The van der Waals surface area contributed by atoms with E-state index in [1.54, 1.807) is 0 Å². The molecule has 0 heterocycles. The molecule has 0 aliphatic heterocycles. The molecule has 0 aromatic heterocycles. The van der Waals surface area contributed by atoms with Crippen molar-refractivity contribution in [3.8, 4) is 0 Å². The molecule has 0 rings (SSSR count). The van der Waals surface area contributed by atoms with Gasteiger partial charge in [0.2, 0.25) is 0 Å². The molecule has 0 aliphatic rings. The predicted molar refractivity (Wildman–Crippen MR) is 335 cm³/mol. The highest BCUT2D eigenvalue weighted by Crippen LogP contribution is 2.18. The first-order chi connectivity index (χ1) is 38.0. The van der Waals surface area contributed by atoms with Gasteiger partial charge in [-0.25, -0.2) is 0 Å². The molecule has 6 nitrogen and oxygen atoms in total. The molecule has 0 saturated carbocycles. The van der Waals surface area contributed by atoms with E-state index in [4.69, 9.17) is 14.2 Å². The molecule has 0 aromatic carbocycles. The number of carbonyl (C=O) groups is 3. The average molecular weight is 1080 g/mol. The Morgan fingerprint density at radius 1 is 0.247 bits per heavy atom. The van der Waals surface area contributed by atoms with Gasteiger partial charge in [-0.05, 0) is 89.9 Å². The van der Waals surface area contributed by atoms with Gasteiger partial charge in [-0.2, -0.15) is 0 Å². The van der Waals surface area contributed by atoms with E-state index in [0.717, 1.165) is 64.2 Å². The Bertz CT molecular complexity index is 1290. The highest BCUT2D eigenvalue weighted by molar-refractivity contribution is 5.71. The van der Waals surface area contributed by atoms with Crippen molar-refractivity contribution < 1.29 is 28.6 Å². The highest BCUT2D eigenvalue weighted by Gasteiger charge is 2.19. The van der Waals surface area contributed by atoms with Crippen molar-refractivity contribution in [3.05, 3.63) is 36.5 Å². The lowest BCUT2D eigenvalue weighted by atomic mass is 10.0. The van der Waals surface area contributed by atoms with Crippen LogP contribution >= 0.6 is 0 Å². The molecule has 0 amide bonds. The molecule has 1 atom stereocenters. The van der Waals surface area contributed by atoms with Gasteiger partial charge in [-0.3, -0.25) is 14.4 Å². The van der Waals surface area contributed by atoms with Crippen LogP contribution in [0.2, 0.25) is 0 Å². The zero-order valence-corrected chi connectivity index (χ0v) is 52.0. The van der Waals surface area contributed by atoms with E-state index in [-0.39, 0.29) is 31.1 Å². The summed E-state index contributed by atoms with van der Waals surface area (Å²) >= 11 is 0. The van der Waals surface area contributed by atoms with Crippen molar-refractivity contribution in [2.24, 2.45) is 0 Å². The summed E-state index contributed by atoms with van der Waals surface area (Å²) in [7, 11) is 0. The fraction of sp³-hybridized carbons (Fsp3) is 0.873. The van der Waals surface area contributed by atoms with E-state index in [2.05, 4.69) is 57.2 Å². The van der Waals surface area contributed by atoms with Crippen molar-refractivity contribution >= 4 is 17.9 Å². The van der Waals surface area contributed by atoms with Gasteiger partial charge >= 0.3 is 17.9 Å². The summed E-state index contributed by atoms with van der Waals surface area (Å²) in [5.41, 5.74) is 0. The van der Waals surface area contributed by atoms with Gasteiger partial charge in [0.05, 0.1) is 0 Å². The Morgan fingerprint density at radius 2 is 0.442 bits per heavy atom. The first-order valence-corrected chi connectivity index (χ1v) is 34.5. The maximum absolute atomic E-state index is 12.9. The molecule has 6 heteroatoms. The Kier molecular flexibility index (Phi) is 64.1. The van der Waals surface area contributed by atoms with E-state index in [0.29, 0.717) is 19.3 Å². The molecule has 0 aliphatic carbocycles. The third-order valence-corrected chi connectivity index (χ3v) is 15.6. The van der Waals surface area contributed by atoms with Gasteiger partial charge < -0.3 is 14.2 Å². The quantitative estimate of drug-likeness (QED) is 0.0261. The molecule has 77 heavy (non-hydrogen) atoms. The number of hydrogen-bond donors (Lipinski definition) is 0. The Morgan fingerprint density at radius 3 is 0.688 bits per heavy atom. The van der Waals surface area contributed by atoms with Crippen LogP contribution in [-0.2, 0) is 28.6 Å². The smallest absolute Gasteiger partial charge is 0.306 e. The monoisotopic (exact) mass is 1080 g/mol. The topological polar surface area (TPSA) is 78.9 Å². The average Bonchev–Trinajstić information content (AvgIpc) is 3.43. The number of allylic oxidation sites excluding steroid dienone is 6. The summed E-state index contributed by atoms with van der Waals surface area (Å²) in [6, 6.07) is 0. The second-order valence-corrected chi connectivity index (χ2v) is 23.4. The van der Waals surface area contributed by atoms with Crippen LogP contribution in [0.15, 0.2) is 36.5 Å². The number of ether oxygens (including phenoxy) is 3. The minimum atomic E-state index is -0.775. The van der Waals surface area contributed by atoms with Crippen molar-refractivity contribution in [2.45, 2.75) is 386 Å². The summed E-state index contributed by atoms with van der Waals surface area (Å²) in [6.07, 6.45) is 81.8. The van der Waals surface area contributed by atoms with Crippen LogP contribution in [0.4, 0.5) is 0 Å². The van der Waals surface area contributed by atoms with Crippen LogP contribution in [0.5, 0.6) is 0 Å². The Labute approximate surface area is 480 Å². The zero-order valence-electron chi connectivity index (χ0n) is 52.0. The van der Waals surface area contributed by atoms with Gasteiger partial charge in [0.25, 0.3) is 0 Å². The number of esters is 3. The van der Waals surface area contributed by atoms with E-state index >= 15 is 0 Å². The minimum Gasteiger partial charge on any atom is -0.462 e. The van der Waals surface area contributed by atoms with Crippen LogP contribution in [0, 0.1) is 0 Å². The van der Waals surface area contributed by atoms with Gasteiger partial charge in [0.1, 0.15) is 13.2 Å². The maximum atomic E-state index is 12.9. The van der Waals surface area contributed by atoms with Crippen molar-refractivity contribution in [3.63, 3.8) is 0 Å². The molecule has 452 valence electrons. The summed E-state index contributed by atoms with van der Waals surface area (Å²) in [6.45, 7) is 6.65. The van der Waals surface area contributed by atoms with Gasteiger partial charge in [-0.15, -0.1) is 0 Å². The molecular weight excluding hydrogens is 949 g/mol. The van der Waals surface area contributed by atoms with E-state index in [9.17, 15) is 14.4 Å². The largest absolute Gasteiger partial charge is 0.462 e. The Hall–Kier alpha value is -2.37. The number of rotatable bonds is 64. The van der Waals surface area contributed by atoms with Crippen LogP contribution < -0.4 is 0 Å². The van der Waals surface area contributed by atoms with Crippen molar-refractivity contribution in [1.82, 2.24) is 0 Å². The normalized spacial score (nSPS) is 12.2. The third-order valence-electron chi connectivity index (χ3n) is 15.6. The van der Waals surface area contributed by atoms with E-state index in [1.807, 2.05) is 0 Å². The lowest BCUT2D eigenvalue weighted by Gasteiger charge is -2.18.